The number of benzene rings is 2. The van der Waals surface area contributed by atoms with Crippen LogP contribution in [0.15, 0.2) is 53.4 Å². The standard InChI is InChI=1S/C15H18N2O2S2/c1-20-15-8-6-12(7-9-15)11-16-13-4-3-5-14(10-13)17-21(2,18)19/h3-10,16-17H,11H2,1-2H3. The number of nitrogens with one attached hydrogen (secondary N) is 2. The highest BCUT2D eigenvalue weighted by Gasteiger charge is 2.02. The highest BCUT2D eigenvalue weighted by atomic mass is 32.2. The zero-order chi connectivity index (χ0) is 15.3. The average Bonchev–Trinajstić information content (AvgIpc) is 2.44. The van der Waals surface area contributed by atoms with Gasteiger partial charge in [-0.05, 0) is 42.2 Å². The molecule has 0 fully saturated rings. The fourth-order valence-electron chi connectivity index (χ4n) is 1.85. The molecule has 0 aliphatic rings. The lowest BCUT2D eigenvalue weighted by atomic mass is 10.2. The fraction of sp³-hybridized carbons (Fsp3) is 0.200. The molecule has 6 heteroatoms. The minimum Gasteiger partial charge on any atom is -0.381 e. The smallest absolute Gasteiger partial charge is 0.229 e. The van der Waals surface area contributed by atoms with Crippen molar-refractivity contribution in [1.29, 1.82) is 0 Å². The number of rotatable bonds is 6. The van der Waals surface area contributed by atoms with E-state index in [9.17, 15) is 8.42 Å². The molecule has 0 aliphatic heterocycles. The molecule has 2 N–H and O–H groups in total. The molecule has 0 atom stereocenters. The summed E-state index contributed by atoms with van der Waals surface area (Å²) in [5, 5.41) is 3.28. The normalized spacial score (nSPS) is 11.1. The van der Waals surface area contributed by atoms with Gasteiger partial charge in [0.2, 0.25) is 10.0 Å². The van der Waals surface area contributed by atoms with Crippen molar-refractivity contribution in [1.82, 2.24) is 0 Å². The van der Waals surface area contributed by atoms with Crippen LogP contribution in [0, 0.1) is 0 Å². The summed E-state index contributed by atoms with van der Waals surface area (Å²) in [5.41, 5.74) is 2.60. The first kappa shape index (κ1) is 15.7. The van der Waals surface area contributed by atoms with E-state index in [-0.39, 0.29) is 0 Å². The minimum atomic E-state index is -3.25. The molecular weight excluding hydrogens is 304 g/mol. The van der Waals surface area contributed by atoms with E-state index in [0.717, 1.165) is 11.9 Å². The summed E-state index contributed by atoms with van der Waals surface area (Å²) in [6.45, 7) is 0.691. The Kier molecular flexibility index (Phi) is 5.14. The Labute approximate surface area is 130 Å². The van der Waals surface area contributed by atoms with Gasteiger partial charge in [0.1, 0.15) is 0 Å². The van der Waals surface area contributed by atoms with E-state index < -0.39 is 10.0 Å². The molecule has 0 radical (unpaired) electrons. The zero-order valence-corrected chi connectivity index (χ0v) is 13.6. The van der Waals surface area contributed by atoms with Gasteiger partial charge in [0.05, 0.1) is 11.9 Å². The van der Waals surface area contributed by atoms with Crippen molar-refractivity contribution in [3.8, 4) is 0 Å². The second-order valence-electron chi connectivity index (χ2n) is 4.66. The molecule has 0 unspecified atom stereocenters. The lowest BCUT2D eigenvalue weighted by Gasteiger charge is -2.09. The average molecular weight is 322 g/mol. The minimum absolute atomic E-state index is 0.556. The Balaban J connectivity index is 2.01. The summed E-state index contributed by atoms with van der Waals surface area (Å²) in [6.07, 6.45) is 3.19. The van der Waals surface area contributed by atoms with Crippen LogP contribution in [0.4, 0.5) is 11.4 Å². The first-order chi connectivity index (χ1) is 9.96. The SMILES string of the molecule is CSc1ccc(CNc2cccc(NS(C)(=O)=O)c2)cc1. The molecule has 0 saturated heterocycles. The Hall–Kier alpha value is -1.66. The number of thioether (sulfide) groups is 1. The maximum Gasteiger partial charge on any atom is 0.229 e. The number of hydrogen-bond donors (Lipinski definition) is 2. The van der Waals surface area contributed by atoms with E-state index in [1.165, 1.54) is 10.5 Å². The second-order valence-corrected chi connectivity index (χ2v) is 7.28. The van der Waals surface area contributed by atoms with Gasteiger partial charge < -0.3 is 5.32 Å². The first-order valence-corrected chi connectivity index (χ1v) is 9.52. The maximum absolute atomic E-state index is 11.2. The van der Waals surface area contributed by atoms with Gasteiger partial charge in [-0.3, -0.25) is 4.72 Å². The van der Waals surface area contributed by atoms with Gasteiger partial charge in [-0.2, -0.15) is 0 Å². The van der Waals surface area contributed by atoms with E-state index in [4.69, 9.17) is 0 Å². The van der Waals surface area contributed by atoms with Gasteiger partial charge in [-0.25, -0.2) is 8.42 Å². The molecule has 0 spiro atoms. The van der Waals surface area contributed by atoms with Gasteiger partial charge >= 0.3 is 0 Å². The molecule has 0 aliphatic carbocycles. The van der Waals surface area contributed by atoms with Crippen LogP contribution in [0.2, 0.25) is 0 Å². The number of anilines is 2. The summed E-state index contributed by atoms with van der Waals surface area (Å²) < 4.78 is 24.9. The molecule has 21 heavy (non-hydrogen) atoms. The van der Waals surface area contributed by atoms with E-state index >= 15 is 0 Å². The van der Waals surface area contributed by atoms with E-state index in [0.29, 0.717) is 12.2 Å². The molecule has 0 heterocycles. The Morgan fingerprint density at radius 1 is 1.05 bits per heavy atom. The molecule has 2 aromatic carbocycles. The Bertz CT molecular complexity index is 698. The molecule has 0 aromatic heterocycles. The van der Waals surface area contributed by atoms with Crippen LogP contribution in [0.25, 0.3) is 0 Å². The maximum atomic E-state index is 11.2. The van der Waals surface area contributed by atoms with Crippen LogP contribution in [0.1, 0.15) is 5.56 Å². The quantitative estimate of drug-likeness (QED) is 0.800. The lowest BCUT2D eigenvalue weighted by Crippen LogP contribution is -2.09. The molecule has 2 aromatic rings. The lowest BCUT2D eigenvalue weighted by molar-refractivity contribution is 0.607. The monoisotopic (exact) mass is 322 g/mol. The van der Waals surface area contributed by atoms with Gasteiger partial charge in [0, 0.05) is 17.1 Å². The van der Waals surface area contributed by atoms with Crippen LogP contribution in [0.5, 0.6) is 0 Å². The third-order valence-electron chi connectivity index (χ3n) is 2.82. The molecule has 0 saturated carbocycles. The summed E-state index contributed by atoms with van der Waals surface area (Å²) in [6, 6.07) is 15.6. The Morgan fingerprint density at radius 2 is 1.71 bits per heavy atom. The third kappa shape index (κ3) is 5.32. The van der Waals surface area contributed by atoms with E-state index in [2.05, 4.69) is 34.3 Å². The Morgan fingerprint density at radius 3 is 2.33 bits per heavy atom. The molecule has 112 valence electrons. The third-order valence-corrected chi connectivity index (χ3v) is 4.17. The second kappa shape index (κ2) is 6.87. The zero-order valence-electron chi connectivity index (χ0n) is 12.0. The molecule has 2 rings (SSSR count). The first-order valence-electron chi connectivity index (χ1n) is 6.41. The van der Waals surface area contributed by atoms with Crippen molar-refractivity contribution < 1.29 is 8.42 Å². The van der Waals surface area contributed by atoms with Crippen LogP contribution >= 0.6 is 11.8 Å². The van der Waals surface area contributed by atoms with Crippen LogP contribution in [-0.2, 0) is 16.6 Å². The molecule has 0 amide bonds. The summed E-state index contributed by atoms with van der Waals surface area (Å²) >= 11 is 1.71. The molecule has 4 nitrogen and oxygen atoms in total. The summed E-state index contributed by atoms with van der Waals surface area (Å²) in [7, 11) is -3.25. The van der Waals surface area contributed by atoms with Gasteiger partial charge in [0.15, 0.2) is 0 Å². The van der Waals surface area contributed by atoms with Crippen molar-refractivity contribution >= 4 is 33.2 Å². The predicted molar refractivity (Wildman–Crippen MR) is 90.5 cm³/mol. The van der Waals surface area contributed by atoms with Crippen molar-refractivity contribution in [2.24, 2.45) is 0 Å². The van der Waals surface area contributed by atoms with Crippen molar-refractivity contribution in [2.75, 3.05) is 22.6 Å². The van der Waals surface area contributed by atoms with Gasteiger partial charge in [-0.15, -0.1) is 11.8 Å². The van der Waals surface area contributed by atoms with Gasteiger partial charge in [0.25, 0.3) is 0 Å². The van der Waals surface area contributed by atoms with E-state index in [1.54, 1.807) is 23.9 Å². The highest BCUT2D eigenvalue weighted by Crippen LogP contribution is 2.18. The van der Waals surface area contributed by atoms with Crippen LogP contribution in [0.3, 0.4) is 0 Å². The van der Waals surface area contributed by atoms with Crippen LogP contribution in [-0.4, -0.2) is 20.9 Å². The highest BCUT2D eigenvalue weighted by molar-refractivity contribution is 7.98. The summed E-state index contributed by atoms with van der Waals surface area (Å²) in [5.74, 6) is 0. The predicted octanol–water partition coefficient (Wildman–Crippen LogP) is 3.39. The number of hydrogen-bond acceptors (Lipinski definition) is 4. The number of sulfonamides is 1. The van der Waals surface area contributed by atoms with Crippen molar-refractivity contribution in [2.45, 2.75) is 11.4 Å². The molecular formula is C15H18N2O2S2. The van der Waals surface area contributed by atoms with Crippen molar-refractivity contribution in [3.63, 3.8) is 0 Å². The van der Waals surface area contributed by atoms with E-state index in [1.807, 2.05) is 18.4 Å². The van der Waals surface area contributed by atoms with Crippen LogP contribution < -0.4 is 10.0 Å². The summed E-state index contributed by atoms with van der Waals surface area (Å²) in [4.78, 5) is 1.23. The molecule has 0 bridgehead atoms. The van der Waals surface area contributed by atoms with Crippen molar-refractivity contribution in [3.05, 3.63) is 54.1 Å². The topological polar surface area (TPSA) is 58.2 Å². The fourth-order valence-corrected chi connectivity index (χ4v) is 2.82. The largest absolute Gasteiger partial charge is 0.381 e. The van der Waals surface area contributed by atoms with Gasteiger partial charge in [-0.1, -0.05) is 18.2 Å².